The van der Waals surface area contributed by atoms with Crippen molar-refractivity contribution in [1.82, 2.24) is 0 Å². The molecule has 6 rings (SSSR count). The zero-order valence-electron chi connectivity index (χ0n) is 24.6. The fraction of sp³-hybridized carbons (Fsp3) is 0.0500. The molecule has 44 heavy (non-hydrogen) atoms. The second-order valence-electron chi connectivity index (χ2n) is 10.6. The molecular weight excluding hydrogens is 577 g/mol. The van der Waals surface area contributed by atoms with E-state index < -0.39 is 10.9 Å². The number of aryl methyl sites for hydroxylation is 2. The Morgan fingerprint density at radius 3 is 1.43 bits per heavy atom. The molecule has 0 N–H and O–H groups in total. The zero-order valence-corrected chi connectivity index (χ0v) is 26.2. The van der Waals surface area contributed by atoms with Crippen LogP contribution in [0.4, 0.5) is 0 Å². The van der Waals surface area contributed by atoms with E-state index in [1.807, 2.05) is 97.1 Å². The lowest BCUT2D eigenvalue weighted by Gasteiger charge is -2.14. The van der Waals surface area contributed by atoms with Gasteiger partial charge in [-0.1, -0.05) is 96.2 Å². The standard InChI is InChI=1S/C40H31O2S2/c1-28-13-22-35(23-14-28)44(36-24-18-33(19-25-36)40(42)31-11-7-4-8-12-31)38-27-29(2)15-26-37(38)43-34-20-16-32(17-21-34)39(41)30-9-5-3-6-10-30/h3-27H,1-2H3/q+1. The summed E-state index contributed by atoms with van der Waals surface area (Å²) in [6, 6.07) is 50.1. The SMILES string of the molecule is Cc1ccc([S+](c2ccc(C(=O)c3ccccc3)cc2)c2cc(C)ccc2Sc2ccc(C(=O)c3ccccc3)cc2)cc1. The molecule has 2 nitrogen and oxygen atoms in total. The van der Waals surface area contributed by atoms with E-state index in [-0.39, 0.29) is 11.6 Å². The quantitative estimate of drug-likeness (QED) is 0.121. The summed E-state index contributed by atoms with van der Waals surface area (Å²) in [5.74, 6) is 0.0432. The van der Waals surface area contributed by atoms with Crippen molar-refractivity contribution in [3.8, 4) is 0 Å². The normalized spacial score (nSPS) is 11.6. The second-order valence-corrected chi connectivity index (χ2v) is 13.7. The Morgan fingerprint density at radius 1 is 0.477 bits per heavy atom. The van der Waals surface area contributed by atoms with E-state index in [9.17, 15) is 9.59 Å². The third-order valence-electron chi connectivity index (χ3n) is 7.34. The van der Waals surface area contributed by atoms with Gasteiger partial charge in [-0.25, -0.2) is 0 Å². The number of carbonyl (C=O) groups is 2. The molecule has 0 amide bonds. The van der Waals surface area contributed by atoms with Gasteiger partial charge in [-0.05, 0) is 92.2 Å². The van der Waals surface area contributed by atoms with Gasteiger partial charge in [0.1, 0.15) is 10.9 Å². The molecule has 4 heteroatoms. The highest BCUT2D eigenvalue weighted by Gasteiger charge is 2.32. The van der Waals surface area contributed by atoms with Crippen LogP contribution in [0.5, 0.6) is 0 Å². The molecule has 0 saturated heterocycles. The van der Waals surface area contributed by atoms with Gasteiger partial charge in [-0.2, -0.15) is 0 Å². The van der Waals surface area contributed by atoms with Gasteiger partial charge in [-0.15, -0.1) is 0 Å². The Kier molecular flexibility index (Phi) is 8.92. The predicted molar refractivity (Wildman–Crippen MR) is 181 cm³/mol. The number of rotatable bonds is 9. The van der Waals surface area contributed by atoms with Crippen LogP contribution in [0.15, 0.2) is 176 Å². The number of hydrogen-bond acceptors (Lipinski definition) is 3. The number of carbonyl (C=O) groups excluding carboxylic acids is 2. The van der Waals surface area contributed by atoms with Gasteiger partial charge in [0.15, 0.2) is 26.3 Å². The fourth-order valence-corrected chi connectivity index (χ4v) is 8.35. The Morgan fingerprint density at radius 2 is 0.909 bits per heavy atom. The number of benzene rings is 6. The average molecular weight is 608 g/mol. The smallest absolute Gasteiger partial charge is 0.193 e. The van der Waals surface area contributed by atoms with E-state index in [1.54, 1.807) is 11.8 Å². The summed E-state index contributed by atoms with van der Waals surface area (Å²) >= 11 is 1.71. The lowest BCUT2D eigenvalue weighted by Crippen LogP contribution is -2.08. The molecule has 1 atom stereocenters. The largest absolute Gasteiger partial charge is 0.289 e. The van der Waals surface area contributed by atoms with Crippen molar-refractivity contribution in [3.63, 3.8) is 0 Å². The first-order valence-corrected chi connectivity index (χ1v) is 16.5. The van der Waals surface area contributed by atoms with Crippen LogP contribution in [-0.4, -0.2) is 11.6 Å². The monoisotopic (exact) mass is 607 g/mol. The third kappa shape index (κ3) is 6.62. The molecule has 6 aromatic carbocycles. The molecule has 6 aromatic rings. The maximum atomic E-state index is 13.1. The lowest BCUT2D eigenvalue weighted by molar-refractivity contribution is 0.103. The van der Waals surface area contributed by atoms with Gasteiger partial charge < -0.3 is 0 Å². The Bertz CT molecular complexity index is 1900. The molecule has 0 radical (unpaired) electrons. The summed E-state index contributed by atoms with van der Waals surface area (Å²) in [5, 5.41) is 0. The van der Waals surface area contributed by atoms with Crippen molar-refractivity contribution in [3.05, 3.63) is 185 Å². The molecule has 0 aromatic heterocycles. The maximum Gasteiger partial charge on any atom is 0.193 e. The highest BCUT2D eigenvalue weighted by atomic mass is 32.2. The van der Waals surface area contributed by atoms with Crippen LogP contribution >= 0.6 is 11.8 Å². The van der Waals surface area contributed by atoms with Crippen molar-refractivity contribution in [2.24, 2.45) is 0 Å². The summed E-state index contributed by atoms with van der Waals surface area (Å²) < 4.78 is 0. The first-order valence-electron chi connectivity index (χ1n) is 14.5. The van der Waals surface area contributed by atoms with Crippen LogP contribution in [0, 0.1) is 13.8 Å². The Labute approximate surface area is 266 Å². The molecule has 1 unspecified atom stereocenters. The summed E-state index contributed by atoms with van der Waals surface area (Å²) in [6.45, 7) is 4.23. The maximum absolute atomic E-state index is 13.1. The van der Waals surface area contributed by atoms with Crippen LogP contribution in [0.3, 0.4) is 0 Å². The molecule has 214 valence electrons. The highest BCUT2D eigenvalue weighted by Crippen LogP contribution is 2.40. The summed E-state index contributed by atoms with van der Waals surface area (Å²) in [7, 11) is -0.407. The van der Waals surface area contributed by atoms with Gasteiger partial charge in [0.2, 0.25) is 0 Å². The van der Waals surface area contributed by atoms with E-state index in [4.69, 9.17) is 0 Å². The zero-order chi connectivity index (χ0) is 30.5. The van der Waals surface area contributed by atoms with Crippen LogP contribution in [0.25, 0.3) is 0 Å². The van der Waals surface area contributed by atoms with Gasteiger partial charge in [0, 0.05) is 27.1 Å². The van der Waals surface area contributed by atoms with Crippen molar-refractivity contribution in [2.75, 3.05) is 0 Å². The van der Waals surface area contributed by atoms with Gasteiger partial charge in [-0.3, -0.25) is 9.59 Å². The summed E-state index contributed by atoms with van der Waals surface area (Å²) in [4.78, 5) is 31.9. The molecule has 0 bridgehead atoms. The lowest BCUT2D eigenvalue weighted by atomic mass is 10.0. The molecule has 0 spiro atoms. The van der Waals surface area contributed by atoms with Crippen LogP contribution in [-0.2, 0) is 10.9 Å². The van der Waals surface area contributed by atoms with E-state index in [0.29, 0.717) is 22.3 Å². The van der Waals surface area contributed by atoms with E-state index in [2.05, 4.69) is 68.4 Å². The summed E-state index contributed by atoms with van der Waals surface area (Å²) in [5.41, 5.74) is 5.13. The molecular formula is C40H31O2S2+. The van der Waals surface area contributed by atoms with Gasteiger partial charge >= 0.3 is 0 Å². The summed E-state index contributed by atoms with van der Waals surface area (Å²) in [6.07, 6.45) is 0. The molecule has 0 aliphatic carbocycles. The number of hydrogen-bond donors (Lipinski definition) is 0. The number of ketones is 2. The Hall–Kier alpha value is -4.64. The fourth-order valence-electron chi connectivity index (χ4n) is 4.98. The minimum absolute atomic E-state index is 0.0216. The molecule has 0 aliphatic rings. The average Bonchev–Trinajstić information content (AvgIpc) is 3.08. The molecule has 0 aliphatic heterocycles. The van der Waals surface area contributed by atoms with Crippen molar-refractivity contribution >= 4 is 34.2 Å². The van der Waals surface area contributed by atoms with E-state index in [1.165, 1.54) is 20.9 Å². The second kappa shape index (κ2) is 13.3. The first-order chi connectivity index (χ1) is 21.5. The topological polar surface area (TPSA) is 34.1 Å². The van der Waals surface area contributed by atoms with E-state index >= 15 is 0 Å². The molecule has 0 heterocycles. The van der Waals surface area contributed by atoms with Crippen LogP contribution < -0.4 is 0 Å². The van der Waals surface area contributed by atoms with Crippen molar-refractivity contribution < 1.29 is 9.59 Å². The van der Waals surface area contributed by atoms with Crippen molar-refractivity contribution in [1.29, 1.82) is 0 Å². The molecule has 0 saturated carbocycles. The predicted octanol–water partition coefficient (Wildman–Crippen LogP) is 10.0. The first kappa shape index (κ1) is 29.4. The van der Waals surface area contributed by atoms with Crippen LogP contribution in [0.1, 0.15) is 43.0 Å². The minimum Gasteiger partial charge on any atom is -0.289 e. The van der Waals surface area contributed by atoms with Crippen molar-refractivity contribution in [2.45, 2.75) is 38.3 Å². The van der Waals surface area contributed by atoms with Crippen LogP contribution in [0.2, 0.25) is 0 Å². The Balaban J connectivity index is 1.35. The third-order valence-corrected chi connectivity index (χ3v) is 10.8. The van der Waals surface area contributed by atoms with Gasteiger partial charge in [0.25, 0.3) is 0 Å². The minimum atomic E-state index is -0.407. The van der Waals surface area contributed by atoms with Gasteiger partial charge in [0.05, 0.1) is 4.90 Å². The highest BCUT2D eigenvalue weighted by molar-refractivity contribution is 8.01. The van der Waals surface area contributed by atoms with E-state index in [0.717, 1.165) is 14.7 Å². The molecule has 0 fully saturated rings.